The van der Waals surface area contributed by atoms with Gasteiger partial charge in [0, 0.05) is 24.5 Å². The number of nitrogens with one attached hydrogen (secondary N) is 1. The fraction of sp³-hybridized carbons (Fsp3) is 0.261. The molecule has 1 amide bonds. The summed E-state index contributed by atoms with van der Waals surface area (Å²) in [7, 11) is 1.66. The Bertz CT molecular complexity index is 1030. The number of aryl methyl sites for hydroxylation is 1. The van der Waals surface area contributed by atoms with Crippen LogP contribution in [0.4, 0.5) is 11.6 Å². The minimum Gasteiger partial charge on any atom is -0.497 e. The van der Waals surface area contributed by atoms with Gasteiger partial charge < -0.3 is 15.0 Å². The summed E-state index contributed by atoms with van der Waals surface area (Å²) in [6, 6.07) is 17.7. The molecule has 0 fully saturated rings. The molecule has 1 aromatic heterocycles. The van der Waals surface area contributed by atoms with E-state index in [0.29, 0.717) is 24.7 Å². The molecule has 0 radical (unpaired) electrons. The van der Waals surface area contributed by atoms with Gasteiger partial charge in [-0.2, -0.15) is 0 Å². The maximum atomic E-state index is 13.1. The molecule has 6 nitrogen and oxygen atoms in total. The van der Waals surface area contributed by atoms with Crippen molar-refractivity contribution in [2.75, 3.05) is 30.4 Å². The molecule has 1 aliphatic heterocycles. The molecular weight excluding hydrogens is 364 g/mol. The van der Waals surface area contributed by atoms with Crippen LogP contribution < -0.4 is 15.0 Å². The second-order valence-corrected chi connectivity index (χ2v) is 7.08. The van der Waals surface area contributed by atoms with Crippen molar-refractivity contribution >= 4 is 17.5 Å². The number of carbonyl (C=O) groups excluding carboxylic acids is 1. The normalized spacial score (nSPS) is 12.6. The summed E-state index contributed by atoms with van der Waals surface area (Å²) in [6.07, 6.45) is 1.68. The van der Waals surface area contributed by atoms with Gasteiger partial charge in [0.2, 0.25) is 5.95 Å². The number of anilines is 2. The molecule has 4 rings (SSSR count). The lowest BCUT2D eigenvalue weighted by atomic mass is 10.1. The van der Waals surface area contributed by atoms with Crippen LogP contribution in [0, 0.1) is 6.92 Å². The highest BCUT2D eigenvalue weighted by molar-refractivity contribution is 6.06. The van der Waals surface area contributed by atoms with E-state index in [9.17, 15) is 4.79 Å². The van der Waals surface area contributed by atoms with Gasteiger partial charge in [-0.05, 0) is 55.2 Å². The quantitative estimate of drug-likeness (QED) is 0.698. The Morgan fingerprint density at radius 1 is 1.14 bits per heavy atom. The summed E-state index contributed by atoms with van der Waals surface area (Å²) >= 11 is 0. The van der Waals surface area contributed by atoms with Crippen LogP contribution in [0.1, 0.15) is 27.3 Å². The second kappa shape index (κ2) is 8.31. The first-order valence-corrected chi connectivity index (χ1v) is 9.76. The summed E-state index contributed by atoms with van der Waals surface area (Å²) in [4.78, 5) is 23.8. The van der Waals surface area contributed by atoms with Crippen LogP contribution in [0.15, 0.2) is 54.6 Å². The summed E-state index contributed by atoms with van der Waals surface area (Å²) < 4.78 is 5.26. The Morgan fingerprint density at radius 2 is 2.00 bits per heavy atom. The van der Waals surface area contributed by atoms with Crippen molar-refractivity contribution in [3.8, 4) is 5.75 Å². The summed E-state index contributed by atoms with van der Waals surface area (Å²) in [5.74, 6) is 1.23. The van der Waals surface area contributed by atoms with Gasteiger partial charge in [-0.1, -0.05) is 30.3 Å². The van der Waals surface area contributed by atoms with E-state index in [1.165, 1.54) is 5.56 Å². The van der Waals surface area contributed by atoms with E-state index >= 15 is 0 Å². The van der Waals surface area contributed by atoms with Crippen LogP contribution >= 0.6 is 0 Å². The Kier molecular flexibility index (Phi) is 5.42. The zero-order chi connectivity index (χ0) is 20.2. The first-order chi connectivity index (χ1) is 14.1. The van der Waals surface area contributed by atoms with Crippen LogP contribution in [0.25, 0.3) is 0 Å². The van der Waals surface area contributed by atoms with Crippen molar-refractivity contribution < 1.29 is 9.53 Å². The number of rotatable bonds is 6. The molecule has 29 heavy (non-hydrogen) atoms. The van der Waals surface area contributed by atoms with Crippen molar-refractivity contribution in [2.24, 2.45) is 0 Å². The number of hydrogen-bond acceptors (Lipinski definition) is 5. The van der Waals surface area contributed by atoms with Crippen LogP contribution in [0.5, 0.6) is 5.75 Å². The third-order valence-electron chi connectivity index (χ3n) is 5.04. The number of carbonyl (C=O) groups is 1. The van der Waals surface area contributed by atoms with Gasteiger partial charge in [0.15, 0.2) is 0 Å². The van der Waals surface area contributed by atoms with Gasteiger partial charge in [-0.15, -0.1) is 0 Å². The maximum absolute atomic E-state index is 13.1. The Balaban J connectivity index is 1.46. The lowest BCUT2D eigenvalue weighted by Crippen LogP contribution is -2.30. The van der Waals surface area contributed by atoms with Crippen LogP contribution in [-0.2, 0) is 12.8 Å². The summed E-state index contributed by atoms with van der Waals surface area (Å²) in [5, 5.41) is 3.24. The smallest absolute Gasteiger partial charge is 0.277 e. The molecule has 0 saturated carbocycles. The Labute approximate surface area is 170 Å². The van der Waals surface area contributed by atoms with Crippen molar-refractivity contribution in [3.05, 3.63) is 77.1 Å². The lowest BCUT2D eigenvalue weighted by molar-refractivity contribution is 0.0984. The molecule has 1 aliphatic rings. The monoisotopic (exact) mass is 388 g/mol. The Morgan fingerprint density at radius 3 is 2.86 bits per heavy atom. The molecule has 1 N–H and O–H groups in total. The number of fused-ring (bicyclic) bond motifs is 1. The van der Waals surface area contributed by atoms with Gasteiger partial charge in [0.1, 0.15) is 11.4 Å². The van der Waals surface area contributed by atoms with Crippen LogP contribution in [0.3, 0.4) is 0 Å². The van der Waals surface area contributed by atoms with E-state index in [1.54, 1.807) is 18.1 Å². The standard InChI is InChI=1S/C23H24N4O2/c1-16-14-20(22(28)27-13-11-18-7-3-4-9-21(18)27)26-23(25-16)24-12-10-17-6-5-8-19(15-17)29-2/h3-9,14-15H,10-13H2,1-2H3,(H,24,25,26). The Hall–Kier alpha value is -3.41. The zero-order valence-corrected chi connectivity index (χ0v) is 16.7. The number of aromatic nitrogens is 2. The molecule has 0 bridgehead atoms. The van der Waals surface area contributed by atoms with E-state index < -0.39 is 0 Å². The van der Waals surface area contributed by atoms with Crippen molar-refractivity contribution in [2.45, 2.75) is 19.8 Å². The molecule has 0 spiro atoms. The lowest BCUT2D eigenvalue weighted by Gasteiger charge is -2.17. The number of methoxy groups -OCH3 is 1. The molecule has 6 heteroatoms. The minimum absolute atomic E-state index is 0.0868. The highest BCUT2D eigenvalue weighted by atomic mass is 16.5. The molecule has 2 aromatic carbocycles. The molecule has 3 aromatic rings. The van der Waals surface area contributed by atoms with E-state index in [-0.39, 0.29) is 5.91 Å². The number of ether oxygens (including phenoxy) is 1. The first-order valence-electron chi connectivity index (χ1n) is 9.76. The molecule has 0 aliphatic carbocycles. The third-order valence-corrected chi connectivity index (χ3v) is 5.04. The predicted octanol–water partition coefficient (Wildman–Crippen LogP) is 3.65. The molecule has 0 unspecified atom stereocenters. The van der Waals surface area contributed by atoms with Gasteiger partial charge in [0.25, 0.3) is 5.91 Å². The zero-order valence-electron chi connectivity index (χ0n) is 16.7. The fourth-order valence-corrected chi connectivity index (χ4v) is 3.59. The third kappa shape index (κ3) is 4.21. The van der Waals surface area contributed by atoms with E-state index in [4.69, 9.17) is 4.74 Å². The van der Waals surface area contributed by atoms with Gasteiger partial charge >= 0.3 is 0 Å². The maximum Gasteiger partial charge on any atom is 0.277 e. The number of benzene rings is 2. The average molecular weight is 388 g/mol. The summed E-state index contributed by atoms with van der Waals surface area (Å²) in [6.45, 7) is 3.22. The number of para-hydroxylation sites is 1. The molecule has 148 valence electrons. The fourth-order valence-electron chi connectivity index (χ4n) is 3.59. The van der Waals surface area contributed by atoms with Gasteiger partial charge in [-0.25, -0.2) is 9.97 Å². The molecule has 0 saturated heterocycles. The minimum atomic E-state index is -0.0868. The van der Waals surface area contributed by atoms with E-state index in [2.05, 4.69) is 27.4 Å². The van der Waals surface area contributed by atoms with E-state index in [0.717, 1.165) is 35.5 Å². The largest absolute Gasteiger partial charge is 0.497 e. The predicted molar refractivity (Wildman–Crippen MR) is 114 cm³/mol. The molecule has 0 atom stereocenters. The average Bonchev–Trinajstić information content (AvgIpc) is 3.17. The first kappa shape index (κ1) is 18.9. The molecule has 2 heterocycles. The van der Waals surface area contributed by atoms with Crippen molar-refractivity contribution in [1.29, 1.82) is 0 Å². The van der Waals surface area contributed by atoms with Gasteiger partial charge in [-0.3, -0.25) is 4.79 Å². The SMILES string of the molecule is COc1cccc(CCNc2nc(C)cc(C(=O)N3CCc4ccccc43)n2)c1. The summed E-state index contributed by atoms with van der Waals surface area (Å²) in [5.41, 5.74) is 4.51. The number of amides is 1. The topological polar surface area (TPSA) is 67.3 Å². The van der Waals surface area contributed by atoms with Gasteiger partial charge in [0.05, 0.1) is 7.11 Å². The van der Waals surface area contributed by atoms with Crippen molar-refractivity contribution in [3.63, 3.8) is 0 Å². The molecular formula is C23H24N4O2. The highest BCUT2D eigenvalue weighted by Crippen LogP contribution is 2.28. The van der Waals surface area contributed by atoms with Crippen LogP contribution in [0.2, 0.25) is 0 Å². The second-order valence-electron chi connectivity index (χ2n) is 7.08. The van der Waals surface area contributed by atoms with Crippen molar-refractivity contribution in [1.82, 2.24) is 9.97 Å². The van der Waals surface area contributed by atoms with E-state index in [1.807, 2.05) is 43.3 Å². The van der Waals surface area contributed by atoms with Crippen LogP contribution in [-0.4, -0.2) is 36.1 Å². The number of nitrogens with zero attached hydrogens (tertiary/aromatic N) is 3. The highest BCUT2D eigenvalue weighted by Gasteiger charge is 2.26. The number of hydrogen-bond donors (Lipinski definition) is 1.